The lowest BCUT2D eigenvalue weighted by molar-refractivity contribution is 0.290. The fourth-order valence-corrected chi connectivity index (χ4v) is 7.97. The third-order valence-electron chi connectivity index (χ3n) is 5.20. The normalized spacial score (nSPS) is 20.7. The van der Waals surface area contributed by atoms with Gasteiger partial charge in [-0.3, -0.25) is 0 Å². The molecule has 1 saturated heterocycles. The molecule has 0 atom stereocenters. The van der Waals surface area contributed by atoms with Gasteiger partial charge in [-0.2, -0.15) is 11.8 Å². The second-order valence-electron chi connectivity index (χ2n) is 6.10. The number of hydrogen-bond acceptors (Lipinski definition) is 3. The molecule has 1 rings (SSSR count). The molecule has 0 aromatic rings. The van der Waals surface area contributed by atoms with Crippen LogP contribution in [0.15, 0.2) is 0 Å². The molecule has 0 unspecified atom stereocenters. The zero-order valence-electron chi connectivity index (χ0n) is 13.5. The van der Waals surface area contributed by atoms with Crippen LogP contribution in [-0.2, 0) is 0 Å². The van der Waals surface area contributed by atoms with Gasteiger partial charge in [-0.15, -0.1) is 23.5 Å². The van der Waals surface area contributed by atoms with Crippen LogP contribution in [0.5, 0.6) is 0 Å². The van der Waals surface area contributed by atoms with Gasteiger partial charge in [0.25, 0.3) is 0 Å². The monoisotopic (exact) mass is 320 g/mol. The molecule has 0 radical (unpaired) electrons. The molecular weight excluding hydrogens is 288 g/mol. The van der Waals surface area contributed by atoms with Crippen molar-refractivity contribution in [3.63, 3.8) is 0 Å². The Morgan fingerprint density at radius 3 is 1.95 bits per heavy atom. The maximum Gasteiger partial charge on any atom is 0.0508 e. The summed E-state index contributed by atoms with van der Waals surface area (Å²) < 4.78 is 0.846. The highest BCUT2D eigenvalue weighted by Crippen LogP contribution is 2.49. The van der Waals surface area contributed by atoms with E-state index in [2.05, 4.69) is 57.5 Å². The summed E-state index contributed by atoms with van der Waals surface area (Å²) in [6.45, 7) is 9.53. The zero-order chi connectivity index (χ0) is 14.4. The van der Waals surface area contributed by atoms with Crippen molar-refractivity contribution >= 4 is 35.3 Å². The molecule has 0 aromatic heterocycles. The summed E-state index contributed by atoms with van der Waals surface area (Å²) in [5.41, 5.74) is 1.22. The van der Waals surface area contributed by atoms with Gasteiger partial charge in [0.2, 0.25) is 0 Å². The van der Waals surface area contributed by atoms with E-state index in [1.54, 1.807) is 0 Å². The third kappa shape index (κ3) is 4.78. The van der Waals surface area contributed by atoms with Crippen LogP contribution >= 0.6 is 35.3 Å². The lowest BCUT2D eigenvalue weighted by Gasteiger charge is -2.41. The Kier molecular flexibility index (Phi) is 8.08. The fourth-order valence-electron chi connectivity index (χ4n) is 2.87. The van der Waals surface area contributed by atoms with Crippen LogP contribution in [0.2, 0.25) is 0 Å². The van der Waals surface area contributed by atoms with Crippen LogP contribution < -0.4 is 0 Å². The summed E-state index contributed by atoms with van der Waals surface area (Å²) in [7, 11) is 0. The minimum atomic E-state index is 0.586. The summed E-state index contributed by atoms with van der Waals surface area (Å²) >= 11 is 6.55. The smallest absolute Gasteiger partial charge is 0.0508 e. The molecule has 1 heterocycles. The van der Waals surface area contributed by atoms with E-state index in [1.165, 1.54) is 49.4 Å². The van der Waals surface area contributed by atoms with Crippen molar-refractivity contribution < 1.29 is 0 Å². The van der Waals surface area contributed by atoms with Crippen LogP contribution in [0.3, 0.4) is 0 Å². The minimum absolute atomic E-state index is 0.586. The van der Waals surface area contributed by atoms with Gasteiger partial charge in [0, 0.05) is 11.5 Å². The van der Waals surface area contributed by atoms with Crippen molar-refractivity contribution in [3.8, 4) is 0 Å². The van der Waals surface area contributed by atoms with Crippen molar-refractivity contribution in [2.75, 3.05) is 23.5 Å². The Bertz CT molecular complexity index is 234. The van der Waals surface area contributed by atoms with E-state index < -0.39 is 0 Å². The summed E-state index contributed by atoms with van der Waals surface area (Å²) in [4.78, 5) is 0. The molecule has 0 aromatic carbocycles. The first-order chi connectivity index (χ1) is 9.09. The van der Waals surface area contributed by atoms with Crippen LogP contribution in [0.25, 0.3) is 0 Å². The van der Waals surface area contributed by atoms with Gasteiger partial charge in [-0.25, -0.2) is 0 Å². The second kappa shape index (κ2) is 8.48. The van der Waals surface area contributed by atoms with E-state index in [4.69, 9.17) is 0 Å². The van der Waals surface area contributed by atoms with E-state index in [1.807, 2.05) is 11.8 Å². The predicted octanol–water partition coefficient (Wildman–Crippen LogP) is 6.16. The highest BCUT2D eigenvalue weighted by atomic mass is 32.2. The van der Waals surface area contributed by atoms with E-state index in [9.17, 15) is 0 Å². The first-order valence-corrected chi connectivity index (χ1v) is 11.3. The highest BCUT2D eigenvalue weighted by molar-refractivity contribution is 8.17. The molecule has 0 aliphatic carbocycles. The van der Waals surface area contributed by atoms with Crippen LogP contribution in [0, 0.1) is 10.8 Å². The van der Waals surface area contributed by atoms with Gasteiger partial charge in [-0.05, 0) is 54.9 Å². The first-order valence-electron chi connectivity index (χ1n) is 7.81. The van der Waals surface area contributed by atoms with Crippen LogP contribution in [0.1, 0.15) is 59.8 Å². The highest BCUT2D eigenvalue weighted by Gasteiger charge is 2.37. The topological polar surface area (TPSA) is 0 Å². The summed E-state index contributed by atoms with van der Waals surface area (Å²) in [6, 6.07) is 0. The lowest BCUT2D eigenvalue weighted by Crippen LogP contribution is -2.34. The number of hydrogen-bond donors (Lipinski definition) is 0. The van der Waals surface area contributed by atoms with Crippen molar-refractivity contribution in [1.29, 1.82) is 0 Å². The van der Waals surface area contributed by atoms with Gasteiger partial charge >= 0.3 is 0 Å². The van der Waals surface area contributed by atoms with Gasteiger partial charge in [-0.1, -0.05) is 27.7 Å². The average Bonchev–Trinajstić information content (AvgIpc) is 2.48. The van der Waals surface area contributed by atoms with E-state index >= 15 is 0 Å². The van der Waals surface area contributed by atoms with E-state index in [0.29, 0.717) is 10.8 Å². The fraction of sp³-hybridized carbons (Fsp3) is 1.00. The Morgan fingerprint density at radius 2 is 1.58 bits per heavy atom. The van der Waals surface area contributed by atoms with Crippen molar-refractivity contribution in [3.05, 3.63) is 0 Å². The molecule has 0 saturated carbocycles. The molecule has 1 aliphatic rings. The van der Waals surface area contributed by atoms with E-state index in [0.717, 1.165) is 4.58 Å². The Morgan fingerprint density at radius 1 is 1.05 bits per heavy atom. The molecule has 0 nitrogen and oxygen atoms in total. The SMILES string of the molecule is CCC1(CC)CSC(CC(CC)(CC)CSC)SC1. The predicted molar refractivity (Wildman–Crippen MR) is 97.7 cm³/mol. The van der Waals surface area contributed by atoms with Crippen LogP contribution in [-0.4, -0.2) is 28.1 Å². The summed E-state index contributed by atoms with van der Waals surface area (Å²) in [5.74, 6) is 4.12. The molecule has 19 heavy (non-hydrogen) atoms. The molecule has 0 amide bonds. The van der Waals surface area contributed by atoms with Gasteiger partial charge in [0.05, 0.1) is 4.58 Å². The summed E-state index contributed by atoms with van der Waals surface area (Å²) in [6.07, 6.45) is 9.07. The number of rotatable bonds is 8. The average molecular weight is 321 g/mol. The standard InChI is InChI=1S/C16H32S3/c1-6-15(7-2,11-17-5)10-14-18-12-16(8-3,9-4)13-19-14/h14H,6-13H2,1-5H3. The number of thioether (sulfide) groups is 3. The Balaban J connectivity index is 2.55. The molecule has 0 spiro atoms. The van der Waals surface area contributed by atoms with Crippen LogP contribution in [0.4, 0.5) is 0 Å². The molecule has 1 aliphatic heterocycles. The van der Waals surface area contributed by atoms with Crippen molar-refractivity contribution in [1.82, 2.24) is 0 Å². The molecule has 3 heteroatoms. The van der Waals surface area contributed by atoms with Gasteiger partial charge in [0.1, 0.15) is 0 Å². The lowest BCUT2D eigenvalue weighted by atomic mass is 9.82. The van der Waals surface area contributed by atoms with Crippen molar-refractivity contribution in [2.24, 2.45) is 10.8 Å². The maximum absolute atomic E-state index is 2.39. The Labute approximate surface area is 134 Å². The molecule has 0 bridgehead atoms. The maximum atomic E-state index is 2.39. The van der Waals surface area contributed by atoms with Crippen molar-refractivity contribution in [2.45, 2.75) is 64.4 Å². The minimum Gasteiger partial charge on any atom is -0.165 e. The van der Waals surface area contributed by atoms with Gasteiger partial charge < -0.3 is 0 Å². The van der Waals surface area contributed by atoms with Gasteiger partial charge in [0.15, 0.2) is 0 Å². The van der Waals surface area contributed by atoms with E-state index in [-0.39, 0.29) is 0 Å². The first kappa shape index (κ1) is 18.1. The molecular formula is C16H32S3. The summed E-state index contributed by atoms with van der Waals surface area (Å²) in [5, 5.41) is 0. The zero-order valence-corrected chi connectivity index (χ0v) is 15.9. The molecule has 0 N–H and O–H groups in total. The quantitative estimate of drug-likeness (QED) is 0.526. The Hall–Kier alpha value is 1.05. The largest absolute Gasteiger partial charge is 0.165 e. The molecule has 114 valence electrons. The molecule has 1 fully saturated rings. The second-order valence-corrected chi connectivity index (χ2v) is 9.65. The third-order valence-corrected chi connectivity index (χ3v) is 9.55.